The minimum atomic E-state index is -0.987. The number of fused-ring (bicyclic) bond motifs is 2. The van der Waals surface area contributed by atoms with Gasteiger partial charge in [0.1, 0.15) is 23.1 Å². The fourth-order valence-corrected chi connectivity index (χ4v) is 4.93. The maximum Gasteiger partial charge on any atom is 0.509 e. The summed E-state index contributed by atoms with van der Waals surface area (Å²) >= 11 is 0. The van der Waals surface area contributed by atoms with Crippen LogP contribution in [0.5, 0.6) is 5.75 Å². The van der Waals surface area contributed by atoms with E-state index in [4.69, 9.17) is 28.1 Å². The van der Waals surface area contributed by atoms with E-state index in [1.54, 1.807) is 25.1 Å². The molecule has 2 aromatic carbocycles. The summed E-state index contributed by atoms with van der Waals surface area (Å²) in [5, 5.41) is 3.25. The van der Waals surface area contributed by atoms with Crippen molar-refractivity contribution in [2.45, 2.75) is 63.8 Å². The summed E-state index contributed by atoms with van der Waals surface area (Å²) in [6, 6.07) is 14.6. The number of carbonyl (C=O) groups is 2. The Morgan fingerprint density at radius 3 is 2.53 bits per heavy atom. The first kappa shape index (κ1) is 25.7. The normalized spacial score (nSPS) is 23.8. The Kier molecular flexibility index (Phi) is 6.85. The SMILES string of the molecule is CO[C@@H]1[C@@H]2OC(=O)O[C@@H]2[C@H](Oc2ccc3cc(NC(=O)CCc4ccccc4)c(=O)oc3c2C)OC1(C)C. The Morgan fingerprint density at radius 1 is 1.05 bits per heavy atom. The first-order valence-electron chi connectivity index (χ1n) is 12.3. The Bertz CT molecular complexity index is 1420. The largest absolute Gasteiger partial charge is 0.509 e. The average Bonchev–Trinajstić information content (AvgIpc) is 3.27. The lowest BCUT2D eigenvalue weighted by atomic mass is 9.89. The molecule has 1 aromatic heterocycles. The second-order valence-electron chi connectivity index (χ2n) is 9.87. The van der Waals surface area contributed by atoms with Crippen molar-refractivity contribution in [2.75, 3.05) is 12.4 Å². The highest BCUT2D eigenvalue weighted by Gasteiger charge is 2.59. The molecular formula is C28H29NO9. The molecule has 5 rings (SSSR count). The van der Waals surface area contributed by atoms with Gasteiger partial charge in [0.2, 0.25) is 18.3 Å². The predicted octanol–water partition coefficient (Wildman–Crippen LogP) is 4.11. The molecule has 3 heterocycles. The molecule has 2 saturated heterocycles. The van der Waals surface area contributed by atoms with Gasteiger partial charge in [-0.3, -0.25) is 4.79 Å². The maximum atomic E-state index is 12.7. The minimum Gasteiger partial charge on any atom is -0.460 e. The molecular weight excluding hydrogens is 494 g/mol. The van der Waals surface area contributed by atoms with E-state index >= 15 is 0 Å². The van der Waals surface area contributed by atoms with Gasteiger partial charge in [-0.25, -0.2) is 9.59 Å². The van der Waals surface area contributed by atoms with Gasteiger partial charge in [0.05, 0.1) is 5.60 Å². The Morgan fingerprint density at radius 2 is 1.79 bits per heavy atom. The second kappa shape index (κ2) is 10.1. The number of rotatable bonds is 7. The van der Waals surface area contributed by atoms with Crippen LogP contribution in [0.4, 0.5) is 10.5 Å². The smallest absolute Gasteiger partial charge is 0.460 e. The van der Waals surface area contributed by atoms with E-state index < -0.39 is 42.0 Å². The Balaban J connectivity index is 1.34. The van der Waals surface area contributed by atoms with Crippen LogP contribution in [0.25, 0.3) is 11.0 Å². The highest BCUT2D eigenvalue weighted by molar-refractivity contribution is 5.93. The van der Waals surface area contributed by atoms with Gasteiger partial charge >= 0.3 is 11.8 Å². The summed E-state index contributed by atoms with van der Waals surface area (Å²) < 4.78 is 34.0. The molecule has 0 unspecified atom stereocenters. The number of nitrogens with one attached hydrogen (secondary N) is 1. The van der Waals surface area contributed by atoms with E-state index in [-0.39, 0.29) is 18.0 Å². The molecule has 2 aliphatic heterocycles. The van der Waals surface area contributed by atoms with Gasteiger partial charge < -0.3 is 33.4 Å². The summed E-state index contributed by atoms with van der Waals surface area (Å²) in [5.41, 5.74) is 0.407. The monoisotopic (exact) mass is 523 g/mol. The standard InChI is InChI=1S/C28H29NO9/c1-15-19(34-26-23-22(36-27(32)37-23)24(33-4)28(2,3)38-26)12-11-17-14-18(25(31)35-21(15)17)29-20(30)13-10-16-8-6-5-7-9-16/h5-9,11-12,14,22-24,26H,10,13H2,1-4H3,(H,29,30)/t22-,23+,24-,26-/m1/s1. The number of hydrogen-bond donors (Lipinski definition) is 1. The summed E-state index contributed by atoms with van der Waals surface area (Å²) in [4.78, 5) is 37.0. The number of amides is 1. The molecule has 0 saturated carbocycles. The summed E-state index contributed by atoms with van der Waals surface area (Å²) in [6.45, 7) is 5.35. The molecule has 1 amide bonds. The van der Waals surface area contributed by atoms with E-state index in [0.29, 0.717) is 28.7 Å². The van der Waals surface area contributed by atoms with E-state index in [2.05, 4.69) is 5.32 Å². The van der Waals surface area contributed by atoms with Crippen molar-refractivity contribution in [3.8, 4) is 5.75 Å². The van der Waals surface area contributed by atoms with Gasteiger partial charge in [0.15, 0.2) is 6.10 Å². The molecule has 3 aromatic rings. The van der Waals surface area contributed by atoms with Crippen LogP contribution in [-0.4, -0.2) is 49.4 Å². The number of benzene rings is 2. The van der Waals surface area contributed by atoms with E-state index in [1.807, 2.05) is 44.2 Å². The van der Waals surface area contributed by atoms with E-state index in [0.717, 1.165) is 5.56 Å². The molecule has 0 bridgehead atoms. The Labute approximate surface area is 218 Å². The topological polar surface area (TPSA) is 123 Å². The molecule has 200 valence electrons. The summed E-state index contributed by atoms with van der Waals surface area (Å²) in [6.07, 6.45) is -3.15. The minimum absolute atomic E-state index is 0.0597. The lowest BCUT2D eigenvalue weighted by molar-refractivity contribution is -0.282. The van der Waals surface area contributed by atoms with Crippen LogP contribution in [0.1, 0.15) is 31.4 Å². The number of hydrogen-bond acceptors (Lipinski definition) is 9. The first-order chi connectivity index (χ1) is 18.2. The van der Waals surface area contributed by atoms with E-state index in [9.17, 15) is 14.4 Å². The number of carbonyl (C=O) groups excluding carboxylic acids is 2. The number of methoxy groups -OCH3 is 1. The molecule has 38 heavy (non-hydrogen) atoms. The lowest BCUT2D eigenvalue weighted by Crippen LogP contribution is -2.62. The number of anilines is 1. The lowest BCUT2D eigenvalue weighted by Gasteiger charge is -2.45. The Hall–Kier alpha value is -3.89. The molecule has 2 fully saturated rings. The fraction of sp³-hybridized carbons (Fsp3) is 0.393. The zero-order valence-corrected chi connectivity index (χ0v) is 21.5. The van der Waals surface area contributed by atoms with Crippen LogP contribution < -0.4 is 15.7 Å². The summed E-state index contributed by atoms with van der Waals surface area (Å²) in [7, 11) is 1.51. The van der Waals surface area contributed by atoms with Crippen LogP contribution in [0.15, 0.2) is 57.7 Å². The van der Waals surface area contributed by atoms with Crippen molar-refractivity contribution < 1.29 is 37.7 Å². The van der Waals surface area contributed by atoms with Crippen LogP contribution in [0, 0.1) is 6.92 Å². The number of aryl methyl sites for hydroxylation is 2. The molecule has 1 N–H and O–H groups in total. The zero-order chi connectivity index (χ0) is 27.0. The van der Waals surface area contributed by atoms with Gasteiger partial charge in [-0.05, 0) is 51.0 Å². The fourth-order valence-electron chi connectivity index (χ4n) is 4.93. The molecule has 2 aliphatic rings. The summed E-state index contributed by atoms with van der Waals surface area (Å²) in [5.74, 6) is 0.0881. The third-order valence-corrected chi connectivity index (χ3v) is 6.82. The third kappa shape index (κ3) is 4.97. The molecule has 10 heteroatoms. The molecule has 10 nitrogen and oxygen atoms in total. The zero-order valence-electron chi connectivity index (χ0n) is 21.5. The molecule has 0 radical (unpaired) electrons. The van der Waals surface area contributed by atoms with Crippen molar-refractivity contribution in [1.29, 1.82) is 0 Å². The molecule has 0 spiro atoms. The quantitative estimate of drug-likeness (QED) is 0.360. The van der Waals surface area contributed by atoms with Crippen molar-refractivity contribution in [3.63, 3.8) is 0 Å². The average molecular weight is 524 g/mol. The van der Waals surface area contributed by atoms with Crippen molar-refractivity contribution in [3.05, 3.63) is 70.1 Å². The van der Waals surface area contributed by atoms with Crippen LogP contribution in [0.2, 0.25) is 0 Å². The second-order valence-corrected chi connectivity index (χ2v) is 9.87. The molecule has 4 atom stereocenters. The van der Waals surface area contributed by atoms with Gasteiger partial charge in [0, 0.05) is 24.5 Å². The van der Waals surface area contributed by atoms with Crippen LogP contribution in [-0.2, 0) is 30.2 Å². The van der Waals surface area contributed by atoms with Crippen molar-refractivity contribution in [1.82, 2.24) is 0 Å². The van der Waals surface area contributed by atoms with Crippen molar-refractivity contribution >= 4 is 28.7 Å². The maximum absolute atomic E-state index is 12.7. The van der Waals surface area contributed by atoms with Gasteiger partial charge in [0.25, 0.3) is 0 Å². The van der Waals surface area contributed by atoms with Gasteiger partial charge in [-0.2, -0.15) is 0 Å². The van der Waals surface area contributed by atoms with E-state index in [1.165, 1.54) is 7.11 Å². The van der Waals surface area contributed by atoms with Gasteiger partial charge in [-0.1, -0.05) is 30.3 Å². The first-order valence-corrected chi connectivity index (χ1v) is 12.3. The van der Waals surface area contributed by atoms with Crippen LogP contribution >= 0.6 is 0 Å². The number of ether oxygens (including phenoxy) is 5. The highest BCUT2D eigenvalue weighted by atomic mass is 16.8. The van der Waals surface area contributed by atoms with Crippen molar-refractivity contribution in [2.24, 2.45) is 0 Å². The predicted molar refractivity (Wildman–Crippen MR) is 136 cm³/mol. The van der Waals surface area contributed by atoms with Gasteiger partial charge in [-0.15, -0.1) is 0 Å². The highest BCUT2D eigenvalue weighted by Crippen LogP contribution is 2.39. The van der Waals surface area contributed by atoms with Crippen LogP contribution in [0.3, 0.4) is 0 Å². The third-order valence-electron chi connectivity index (χ3n) is 6.82. The molecule has 0 aliphatic carbocycles.